The molecule has 0 spiro atoms. The zero-order valence-electron chi connectivity index (χ0n) is 16.5. The number of likely N-dealkylation sites (tertiary alicyclic amines) is 1. The van der Waals surface area contributed by atoms with Crippen molar-refractivity contribution >= 4 is 35.0 Å². The fourth-order valence-corrected chi connectivity index (χ4v) is 4.42. The smallest absolute Gasteiger partial charge is 0.255 e. The Balaban J connectivity index is 1.43. The molecule has 4 rings (SSSR count). The van der Waals surface area contributed by atoms with Crippen molar-refractivity contribution in [2.45, 2.75) is 25.2 Å². The average molecular weight is 426 g/mol. The summed E-state index contributed by atoms with van der Waals surface area (Å²) < 4.78 is 0. The van der Waals surface area contributed by atoms with Gasteiger partial charge in [-0.15, -0.1) is 0 Å². The van der Waals surface area contributed by atoms with Gasteiger partial charge < -0.3 is 16.0 Å². The van der Waals surface area contributed by atoms with Crippen LogP contribution >= 0.6 is 11.6 Å². The Morgan fingerprint density at radius 2 is 1.67 bits per heavy atom. The first-order valence-electron chi connectivity index (χ1n) is 10.2. The second-order valence-electron chi connectivity index (χ2n) is 7.97. The number of hydrogen-bond donors (Lipinski definition) is 2. The third-order valence-corrected chi connectivity index (χ3v) is 6.38. The Bertz CT molecular complexity index is 985. The van der Waals surface area contributed by atoms with Crippen LogP contribution in [0.3, 0.4) is 0 Å². The molecule has 2 aromatic rings. The molecule has 2 atom stereocenters. The SMILES string of the molecule is NC(=O)C1CCN(C(=O)c2ccccc2NC(=O)C2CC2c2ccccc2Cl)CC1. The molecule has 156 valence electrons. The molecule has 0 bridgehead atoms. The number of nitrogens with zero attached hydrogens (tertiary/aromatic N) is 1. The Morgan fingerprint density at radius 1 is 1.00 bits per heavy atom. The molecule has 2 unspecified atom stereocenters. The first-order valence-corrected chi connectivity index (χ1v) is 10.6. The summed E-state index contributed by atoms with van der Waals surface area (Å²) >= 11 is 6.26. The normalized spacial score (nSPS) is 21.2. The summed E-state index contributed by atoms with van der Waals surface area (Å²) in [7, 11) is 0. The number of amides is 3. The number of rotatable bonds is 5. The number of primary amides is 1. The van der Waals surface area contributed by atoms with Gasteiger partial charge >= 0.3 is 0 Å². The first-order chi connectivity index (χ1) is 14.5. The number of piperidine rings is 1. The van der Waals surface area contributed by atoms with Crippen LogP contribution in [0.2, 0.25) is 5.02 Å². The highest BCUT2D eigenvalue weighted by Gasteiger charge is 2.45. The van der Waals surface area contributed by atoms with Gasteiger partial charge in [0.1, 0.15) is 0 Å². The number of para-hydroxylation sites is 1. The molecule has 3 N–H and O–H groups in total. The largest absolute Gasteiger partial charge is 0.369 e. The van der Waals surface area contributed by atoms with Gasteiger partial charge in [-0.25, -0.2) is 0 Å². The van der Waals surface area contributed by atoms with Crippen LogP contribution in [0.15, 0.2) is 48.5 Å². The van der Waals surface area contributed by atoms with E-state index < -0.39 is 0 Å². The van der Waals surface area contributed by atoms with Crippen LogP contribution < -0.4 is 11.1 Å². The second kappa shape index (κ2) is 8.48. The van der Waals surface area contributed by atoms with Crippen LogP contribution in [0.5, 0.6) is 0 Å². The third kappa shape index (κ3) is 4.19. The molecule has 2 aromatic carbocycles. The van der Waals surface area contributed by atoms with E-state index in [1.54, 1.807) is 29.2 Å². The van der Waals surface area contributed by atoms with Crippen LogP contribution in [0, 0.1) is 11.8 Å². The highest BCUT2D eigenvalue weighted by Crippen LogP contribution is 2.50. The maximum Gasteiger partial charge on any atom is 0.255 e. The van der Waals surface area contributed by atoms with E-state index in [1.165, 1.54) is 0 Å². The van der Waals surface area contributed by atoms with Crippen LogP contribution in [0.25, 0.3) is 0 Å². The van der Waals surface area contributed by atoms with Crippen LogP contribution in [0.4, 0.5) is 5.69 Å². The maximum atomic E-state index is 13.0. The number of hydrogen-bond acceptors (Lipinski definition) is 3. The topological polar surface area (TPSA) is 92.5 Å². The molecule has 2 aliphatic rings. The van der Waals surface area contributed by atoms with E-state index in [4.69, 9.17) is 17.3 Å². The second-order valence-corrected chi connectivity index (χ2v) is 8.38. The van der Waals surface area contributed by atoms with Crippen molar-refractivity contribution < 1.29 is 14.4 Å². The number of carbonyl (C=O) groups excluding carboxylic acids is 3. The van der Waals surface area contributed by atoms with Crippen molar-refractivity contribution in [1.82, 2.24) is 4.90 Å². The maximum absolute atomic E-state index is 13.0. The molecular weight excluding hydrogens is 402 g/mol. The number of carbonyl (C=O) groups is 3. The minimum atomic E-state index is -0.313. The van der Waals surface area contributed by atoms with Gasteiger partial charge in [0.25, 0.3) is 5.91 Å². The fourth-order valence-electron chi connectivity index (χ4n) is 4.15. The van der Waals surface area contributed by atoms with Crippen molar-refractivity contribution in [1.29, 1.82) is 0 Å². The van der Waals surface area contributed by atoms with Crippen LogP contribution in [-0.2, 0) is 9.59 Å². The molecule has 1 heterocycles. The lowest BCUT2D eigenvalue weighted by molar-refractivity contribution is -0.123. The number of anilines is 1. The minimum Gasteiger partial charge on any atom is -0.369 e. The molecule has 2 fully saturated rings. The summed E-state index contributed by atoms with van der Waals surface area (Å²) in [5.41, 5.74) is 7.33. The summed E-state index contributed by atoms with van der Waals surface area (Å²) in [6.07, 6.45) is 1.88. The molecular formula is C23H24ClN3O3. The van der Waals surface area contributed by atoms with Gasteiger partial charge in [0.05, 0.1) is 11.3 Å². The van der Waals surface area contributed by atoms with E-state index in [2.05, 4.69) is 5.32 Å². The van der Waals surface area contributed by atoms with E-state index in [0.29, 0.717) is 42.2 Å². The van der Waals surface area contributed by atoms with Crippen LogP contribution in [-0.4, -0.2) is 35.7 Å². The Hall–Kier alpha value is -2.86. The minimum absolute atomic E-state index is 0.104. The molecule has 30 heavy (non-hydrogen) atoms. The monoisotopic (exact) mass is 425 g/mol. The van der Waals surface area contributed by atoms with Crippen molar-refractivity contribution in [2.24, 2.45) is 17.6 Å². The van der Waals surface area contributed by atoms with Gasteiger partial charge in [0.2, 0.25) is 11.8 Å². The first kappa shape index (κ1) is 20.4. The Labute approximate surface area is 180 Å². The van der Waals surface area contributed by atoms with Gasteiger partial charge in [-0.1, -0.05) is 41.9 Å². The molecule has 7 heteroatoms. The molecule has 3 amide bonds. The lowest BCUT2D eigenvalue weighted by atomic mass is 9.95. The molecule has 1 saturated carbocycles. The Morgan fingerprint density at radius 3 is 2.37 bits per heavy atom. The van der Waals surface area contributed by atoms with Crippen LogP contribution in [0.1, 0.15) is 41.1 Å². The zero-order valence-corrected chi connectivity index (χ0v) is 17.3. The number of halogens is 1. The summed E-state index contributed by atoms with van der Waals surface area (Å²) in [5.74, 6) is -0.790. The zero-order chi connectivity index (χ0) is 21.3. The van der Waals surface area contributed by atoms with Gasteiger partial charge in [-0.3, -0.25) is 14.4 Å². The van der Waals surface area contributed by atoms with E-state index >= 15 is 0 Å². The number of nitrogens with one attached hydrogen (secondary N) is 1. The average Bonchev–Trinajstić information content (AvgIpc) is 3.55. The number of benzene rings is 2. The summed E-state index contributed by atoms with van der Waals surface area (Å²) in [6.45, 7) is 0.956. The molecule has 1 aliphatic heterocycles. The van der Waals surface area contributed by atoms with Crippen molar-refractivity contribution in [2.75, 3.05) is 18.4 Å². The highest BCUT2D eigenvalue weighted by atomic mass is 35.5. The lowest BCUT2D eigenvalue weighted by Gasteiger charge is -2.31. The molecule has 0 radical (unpaired) electrons. The molecule has 1 aliphatic carbocycles. The summed E-state index contributed by atoms with van der Waals surface area (Å²) in [5, 5.41) is 3.61. The molecule has 6 nitrogen and oxygen atoms in total. The van der Waals surface area contributed by atoms with Crippen molar-refractivity contribution in [3.8, 4) is 0 Å². The Kier molecular flexibility index (Phi) is 5.77. The summed E-state index contributed by atoms with van der Waals surface area (Å²) in [6, 6.07) is 14.6. The van der Waals surface area contributed by atoms with Gasteiger partial charge in [-0.05, 0) is 48.9 Å². The predicted octanol–water partition coefficient (Wildman–Crippen LogP) is 3.42. The lowest BCUT2D eigenvalue weighted by Crippen LogP contribution is -2.42. The molecule has 0 aromatic heterocycles. The van der Waals surface area contributed by atoms with E-state index in [-0.39, 0.29) is 35.5 Å². The molecule has 1 saturated heterocycles. The fraction of sp³-hybridized carbons (Fsp3) is 0.348. The van der Waals surface area contributed by atoms with E-state index in [0.717, 1.165) is 12.0 Å². The predicted molar refractivity (Wildman–Crippen MR) is 115 cm³/mol. The van der Waals surface area contributed by atoms with Gasteiger partial charge in [-0.2, -0.15) is 0 Å². The quantitative estimate of drug-likeness (QED) is 0.768. The van der Waals surface area contributed by atoms with E-state index in [1.807, 2.05) is 24.3 Å². The number of nitrogens with two attached hydrogens (primary N) is 1. The standard InChI is InChI=1S/C23H24ClN3O3/c24-19-7-3-1-5-15(19)17-13-18(17)22(29)26-20-8-4-2-6-16(20)23(30)27-11-9-14(10-12-27)21(25)28/h1-8,14,17-18H,9-13H2,(H2,25,28)(H,26,29). The third-order valence-electron chi connectivity index (χ3n) is 6.03. The van der Waals surface area contributed by atoms with Crippen molar-refractivity contribution in [3.63, 3.8) is 0 Å². The van der Waals surface area contributed by atoms with Gasteiger partial charge in [0.15, 0.2) is 0 Å². The van der Waals surface area contributed by atoms with E-state index in [9.17, 15) is 14.4 Å². The summed E-state index contributed by atoms with van der Waals surface area (Å²) in [4.78, 5) is 38.9. The van der Waals surface area contributed by atoms with Gasteiger partial charge in [0, 0.05) is 29.9 Å². The van der Waals surface area contributed by atoms with Crippen molar-refractivity contribution in [3.05, 3.63) is 64.7 Å². The highest BCUT2D eigenvalue weighted by molar-refractivity contribution is 6.31.